The van der Waals surface area contributed by atoms with E-state index in [0.717, 1.165) is 5.56 Å². The van der Waals surface area contributed by atoms with Gasteiger partial charge in [-0.25, -0.2) is 0 Å². The molecule has 0 aliphatic rings. The molecule has 0 aromatic heterocycles. The van der Waals surface area contributed by atoms with Gasteiger partial charge in [0.15, 0.2) is 0 Å². The van der Waals surface area contributed by atoms with Crippen molar-refractivity contribution in [1.82, 2.24) is 0 Å². The second kappa shape index (κ2) is 6.12. The average Bonchev–Trinajstić information content (AvgIpc) is 2.28. The van der Waals surface area contributed by atoms with Crippen LogP contribution in [0.2, 0.25) is 5.02 Å². The molecule has 1 aromatic carbocycles. The summed E-state index contributed by atoms with van der Waals surface area (Å²) in [5, 5.41) is 0.615. The first kappa shape index (κ1) is 12.5. The molecule has 0 fully saturated rings. The van der Waals surface area contributed by atoms with Gasteiger partial charge in [-0.1, -0.05) is 23.7 Å². The van der Waals surface area contributed by atoms with Crippen LogP contribution in [-0.4, -0.2) is 19.0 Å². The van der Waals surface area contributed by atoms with E-state index >= 15 is 0 Å². The van der Waals surface area contributed by atoms with Crippen molar-refractivity contribution >= 4 is 23.5 Å². The van der Waals surface area contributed by atoms with E-state index < -0.39 is 11.9 Å². The van der Waals surface area contributed by atoms with Gasteiger partial charge in [-0.15, -0.1) is 0 Å². The summed E-state index contributed by atoms with van der Waals surface area (Å²) >= 11 is 5.69. The Morgan fingerprint density at radius 1 is 1.19 bits per heavy atom. The lowest BCUT2D eigenvalue weighted by atomic mass is 10.2. The Labute approximate surface area is 98.1 Å². The summed E-state index contributed by atoms with van der Waals surface area (Å²) in [7, 11) is 1.22. The molecule has 0 aliphatic carbocycles. The number of methoxy groups -OCH3 is 1. The number of carbonyl (C=O) groups excluding carboxylic acids is 2. The molecule has 5 heteroatoms. The van der Waals surface area contributed by atoms with Crippen LogP contribution in [-0.2, 0) is 25.7 Å². The van der Waals surface area contributed by atoms with E-state index in [1.165, 1.54) is 7.11 Å². The van der Waals surface area contributed by atoms with Crippen LogP contribution >= 0.6 is 11.6 Å². The Morgan fingerprint density at radius 3 is 2.38 bits per heavy atom. The topological polar surface area (TPSA) is 52.6 Å². The molecule has 16 heavy (non-hydrogen) atoms. The lowest BCUT2D eigenvalue weighted by molar-refractivity contribution is -0.153. The van der Waals surface area contributed by atoms with E-state index in [1.807, 2.05) is 0 Å². The Morgan fingerprint density at radius 2 is 1.81 bits per heavy atom. The fourth-order valence-corrected chi connectivity index (χ4v) is 1.11. The smallest absolute Gasteiger partial charge is 0.317 e. The number of rotatable bonds is 4. The summed E-state index contributed by atoms with van der Waals surface area (Å²) in [6.07, 6.45) is -0.371. The zero-order valence-corrected chi connectivity index (χ0v) is 9.49. The molecule has 0 unspecified atom stereocenters. The number of halogens is 1. The Hall–Kier alpha value is -1.55. The lowest BCUT2D eigenvalue weighted by Gasteiger charge is -2.04. The Balaban J connectivity index is 2.37. The second-order valence-corrected chi connectivity index (χ2v) is 3.48. The number of hydrogen-bond donors (Lipinski definition) is 0. The van der Waals surface area contributed by atoms with Crippen molar-refractivity contribution in [3.63, 3.8) is 0 Å². The van der Waals surface area contributed by atoms with Crippen LogP contribution < -0.4 is 0 Å². The maximum Gasteiger partial charge on any atom is 0.317 e. The van der Waals surface area contributed by atoms with E-state index in [1.54, 1.807) is 24.3 Å². The van der Waals surface area contributed by atoms with Crippen molar-refractivity contribution in [3.05, 3.63) is 34.9 Å². The number of ether oxygens (including phenoxy) is 2. The fraction of sp³-hybridized carbons (Fsp3) is 0.273. The van der Waals surface area contributed by atoms with Crippen LogP contribution in [0.3, 0.4) is 0 Å². The average molecular weight is 243 g/mol. The highest BCUT2D eigenvalue weighted by Gasteiger charge is 2.10. The van der Waals surface area contributed by atoms with Gasteiger partial charge in [0.1, 0.15) is 13.0 Å². The number of carbonyl (C=O) groups is 2. The third-order valence-corrected chi connectivity index (χ3v) is 2.08. The molecule has 0 bridgehead atoms. The van der Waals surface area contributed by atoms with Crippen molar-refractivity contribution < 1.29 is 19.1 Å². The molecule has 4 nitrogen and oxygen atoms in total. The molecule has 0 radical (unpaired) electrons. The van der Waals surface area contributed by atoms with Gasteiger partial charge in [0, 0.05) is 5.02 Å². The largest absolute Gasteiger partial charge is 0.469 e. The standard InChI is InChI=1S/C11H11ClO4/c1-15-10(13)6-11(14)16-7-8-2-4-9(12)5-3-8/h2-5H,6-7H2,1H3. The predicted octanol–water partition coefficient (Wildman–Crippen LogP) is 1.95. The molecule has 0 spiro atoms. The highest BCUT2D eigenvalue weighted by Crippen LogP contribution is 2.10. The molecule has 0 saturated carbocycles. The maximum atomic E-state index is 11.1. The molecular formula is C11H11ClO4. The summed E-state index contributed by atoms with van der Waals surface area (Å²) in [5.41, 5.74) is 0.808. The Kier molecular flexibility index (Phi) is 4.79. The maximum absolute atomic E-state index is 11.1. The van der Waals surface area contributed by atoms with Crippen molar-refractivity contribution in [2.24, 2.45) is 0 Å². The number of benzene rings is 1. The van der Waals surface area contributed by atoms with Gasteiger partial charge in [-0.2, -0.15) is 0 Å². The van der Waals surface area contributed by atoms with Crippen molar-refractivity contribution in [1.29, 1.82) is 0 Å². The quantitative estimate of drug-likeness (QED) is 0.598. The van der Waals surface area contributed by atoms with E-state index in [9.17, 15) is 9.59 Å². The van der Waals surface area contributed by atoms with Crippen molar-refractivity contribution in [3.8, 4) is 0 Å². The number of esters is 2. The molecule has 0 aliphatic heterocycles. The van der Waals surface area contributed by atoms with Gasteiger partial charge in [-0.3, -0.25) is 9.59 Å². The van der Waals surface area contributed by atoms with Crippen LogP contribution in [0.5, 0.6) is 0 Å². The second-order valence-electron chi connectivity index (χ2n) is 3.04. The molecule has 1 rings (SSSR count). The van der Waals surface area contributed by atoms with E-state index in [2.05, 4.69) is 4.74 Å². The van der Waals surface area contributed by atoms with E-state index in [0.29, 0.717) is 5.02 Å². The normalized spacial score (nSPS) is 9.62. The third kappa shape index (κ3) is 4.31. The van der Waals surface area contributed by atoms with E-state index in [-0.39, 0.29) is 13.0 Å². The van der Waals surface area contributed by atoms with Crippen LogP contribution in [0.4, 0.5) is 0 Å². The van der Waals surface area contributed by atoms with Gasteiger partial charge in [0.05, 0.1) is 7.11 Å². The summed E-state index contributed by atoms with van der Waals surface area (Å²) < 4.78 is 9.19. The third-order valence-electron chi connectivity index (χ3n) is 1.83. The highest BCUT2D eigenvalue weighted by atomic mass is 35.5. The SMILES string of the molecule is COC(=O)CC(=O)OCc1ccc(Cl)cc1. The molecule has 0 saturated heterocycles. The zero-order chi connectivity index (χ0) is 12.0. The van der Waals surface area contributed by atoms with Crippen molar-refractivity contribution in [2.75, 3.05) is 7.11 Å². The molecule has 1 aromatic rings. The first-order valence-electron chi connectivity index (χ1n) is 4.58. The van der Waals surface area contributed by atoms with Gasteiger partial charge >= 0.3 is 11.9 Å². The van der Waals surface area contributed by atoms with Crippen molar-refractivity contribution in [2.45, 2.75) is 13.0 Å². The first-order valence-corrected chi connectivity index (χ1v) is 4.96. The zero-order valence-electron chi connectivity index (χ0n) is 8.73. The highest BCUT2D eigenvalue weighted by molar-refractivity contribution is 6.30. The molecular weight excluding hydrogens is 232 g/mol. The van der Waals surface area contributed by atoms with E-state index in [4.69, 9.17) is 16.3 Å². The minimum absolute atomic E-state index is 0.118. The minimum atomic E-state index is -0.610. The molecule has 86 valence electrons. The summed E-state index contributed by atoms with van der Waals surface area (Å²) in [6, 6.07) is 6.89. The molecule has 0 amide bonds. The van der Waals surface area contributed by atoms with Crippen LogP contribution in [0.15, 0.2) is 24.3 Å². The molecule has 0 atom stereocenters. The Bertz CT molecular complexity index is 372. The summed E-state index contributed by atoms with van der Waals surface area (Å²) in [5.74, 6) is -1.22. The van der Waals surface area contributed by atoms with Crippen LogP contribution in [0.25, 0.3) is 0 Å². The summed E-state index contributed by atoms with van der Waals surface area (Å²) in [4.78, 5) is 21.8. The van der Waals surface area contributed by atoms with Crippen LogP contribution in [0.1, 0.15) is 12.0 Å². The van der Waals surface area contributed by atoms with Gasteiger partial charge in [0.25, 0.3) is 0 Å². The summed E-state index contributed by atoms with van der Waals surface area (Å²) in [6.45, 7) is 0.118. The monoisotopic (exact) mass is 242 g/mol. The van der Waals surface area contributed by atoms with Crippen LogP contribution in [0, 0.1) is 0 Å². The number of hydrogen-bond acceptors (Lipinski definition) is 4. The molecule has 0 N–H and O–H groups in total. The fourth-order valence-electron chi connectivity index (χ4n) is 0.986. The van der Waals surface area contributed by atoms with Gasteiger partial charge < -0.3 is 9.47 Å². The minimum Gasteiger partial charge on any atom is -0.469 e. The van der Waals surface area contributed by atoms with Gasteiger partial charge in [0.2, 0.25) is 0 Å². The van der Waals surface area contributed by atoms with Gasteiger partial charge in [-0.05, 0) is 17.7 Å². The molecule has 0 heterocycles. The lowest BCUT2D eigenvalue weighted by Crippen LogP contribution is -2.12. The first-order chi connectivity index (χ1) is 7.61. The predicted molar refractivity (Wildman–Crippen MR) is 57.9 cm³/mol.